The molecule has 7 heteroatoms. The first-order valence-electron chi connectivity index (χ1n) is 11.0. The summed E-state index contributed by atoms with van der Waals surface area (Å²) in [5, 5.41) is 3.27. The van der Waals surface area contributed by atoms with E-state index in [0.29, 0.717) is 28.3 Å². The topological polar surface area (TPSA) is 50.8 Å². The fourth-order valence-electron chi connectivity index (χ4n) is 4.17. The normalized spacial score (nSPS) is 14.8. The number of halogens is 2. The fourth-order valence-corrected chi connectivity index (χ4v) is 4.17. The smallest absolute Gasteiger partial charge is 0.258 e. The number of nitrogens with zero attached hydrogens (tertiary/aromatic N) is 1. The Morgan fingerprint density at radius 1 is 0.829 bits per heavy atom. The third kappa shape index (κ3) is 4.28. The number of nitrogens with one attached hydrogen (secondary N) is 1. The molecular formula is C28H22F2N2O3. The summed E-state index contributed by atoms with van der Waals surface area (Å²) in [5.74, 6) is -0.639. The second kappa shape index (κ2) is 9.46. The molecule has 0 aliphatic carbocycles. The van der Waals surface area contributed by atoms with Gasteiger partial charge in [-0.3, -0.25) is 9.69 Å². The van der Waals surface area contributed by atoms with E-state index in [-0.39, 0.29) is 24.0 Å². The molecule has 0 fully saturated rings. The molecule has 0 aromatic heterocycles. The predicted octanol–water partition coefficient (Wildman–Crippen LogP) is 6.38. The van der Waals surface area contributed by atoms with E-state index in [0.717, 1.165) is 0 Å². The highest BCUT2D eigenvalue weighted by Crippen LogP contribution is 2.42. The Kier molecular flexibility index (Phi) is 6.06. The van der Waals surface area contributed by atoms with Crippen LogP contribution in [0, 0.1) is 11.6 Å². The van der Waals surface area contributed by atoms with E-state index >= 15 is 0 Å². The van der Waals surface area contributed by atoms with Crippen LogP contribution in [0.4, 0.5) is 25.8 Å². The highest BCUT2D eigenvalue weighted by Gasteiger charge is 2.35. The molecule has 1 heterocycles. The van der Waals surface area contributed by atoms with Gasteiger partial charge in [0.25, 0.3) is 5.91 Å². The van der Waals surface area contributed by atoms with Gasteiger partial charge in [-0.15, -0.1) is 0 Å². The molecule has 1 aliphatic rings. The van der Waals surface area contributed by atoms with Gasteiger partial charge in [0.2, 0.25) is 0 Å². The highest BCUT2D eigenvalue weighted by atomic mass is 19.1. The average molecular weight is 472 g/mol. The van der Waals surface area contributed by atoms with Gasteiger partial charge in [0.1, 0.15) is 24.2 Å². The predicted molar refractivity (Wildman–Crippen MR) is 130 cm³/mol. The minimum atomic E-state index is -0.789. The van der Waals surface area contributed by atoms with Crippen LogP contribution in [-0.2, 0) is 11.4 Å². The van der Waals surface area contributed by atoms with Crippen LogP contribution in [0.5, 0.6) is 11.5 Å². The van der Waals surface area contributed by atoms with Gasteiger partial charge < -0.3 is 14.8 Å². The van der Waals surface area contributed by atoms with Crippen LogP contribution in [0.25, 0.3) is 0 Å². The molecule has 4 aromatic carbocycles. The van der Waals surface area contributed by atoms with Gasteiger partial charge in [0.15, 0.2) is 11.6 Å². The van der Waals surface area contributed by atoms with E-state index < -0.39 is 17.7 Å². The van der Waals surface area contributed by atoms with E-state index in [1.807, 2.05) is 12.1 Å². The van der Waals surface area contributed by atoms with Crippen molar-refractivity contribution in [3.05, 3.63) is 114 Å². The molecule has 0 radical (unpaired) electrons. The zero-order valence-corrected chi connectivity index (χ0v) is 18.9. The molecule has 1 unspecified atom stereocenters. The SMILES string of the molecule is COc1ccc(C2Nc3ccccc3N(c3ccccc3F)C2=O)cc1COc1ccccc1F. The molecule has 1 amide bonds. The molecule has 0 saturated heterocycles. The number of methoxy groups -OCH3 is 1. The number of hydrogen-bond acceptors (Lipinski definition) is 4. The lowest BCUT2D eigenvalue weighted by Gasteiger charge is -2.35. The number of carbonyl (C=O) groups is 1. The van der Waals surface area contributed by atoms with Gasteiger partial charge in [-0.25, -0.2) is 8.78 Å². The quantitative estimate of drug-likeness (QED) is 0.354. The van der Waals surface area contributed by atoms with Gasteiger partial charge in [0, 0.05) is 5.56 Å². The van der Waals surface area contributed by atoms with Crippen LogP contribution in [-0.4, -0.2) is 13.0 Å². The Bertz CT molecular complexity index is 1390. The third-order valence-corrected chi connectivity index (χ3v) is 5.86. The van der Waals surface area contributed by atoms with E-state index in [4.69, 9.17) is 9.47 Å². The van der Waals surface area contributed by atoms with Crippen LogP contribution in [0.2, 0.25) is 0 Å². The molecule has 0 spiro atoms. The summed E-state index contributed by atoms with van der Waals surface area (Å²) < 4.78 is 39.9. The number of ether oxygens (including phenoxy) is 2. The largest absolute Gasteiger partial charge is 0.496 e. The van der Waals surface area contributed by atoms with Crippen molar-refractivity contribution in [1.82, 2.24) is 0 Å². The Morgan fingerprint density at radius 3 is 2.26 bits per heavy atom. The van der Waals surface area contributed by atoms with E-state index in [1.165, 1.54) is 24.1 Å². The Balaban J connectivity index is 1.52. The first kappa shape index (κ1) is 22.4. The maximum Gasteiger partial charge on any atom is 0.258 e. The first-order chi connectivity index (χ1) is 17.1. The maximum atomic E-state index is 14.8. The van der Waals surface area contributed by atoms with Crippen molar-refractivity contribution >= 4 is 23.0 Å². The number of rotatable bonds is 6. The molecule has 0 saturated carbocycles. The van der Waals surface area contributed by atoms with Crippen molar-refractivity contribution in [2.75, 3.05) is 17.3 Å². The molecule has 4 aromatic rings. The summed E-state index contributed by atoms with van der Waals surface area (Å²) in [6, 6.07) is 24.1. The van der Waals surface area contributed by atoms with Crippen LogP contribution < -0.4 is 19.7 Å². The lowest BCUT2D eigenvalue weighted by Crippen LogP contribution is -2.39. The van der Waals surface area contributed by atoms with E-state index in [9.17, 15) is 13.6 Å². The van der Waals surface area contributed by atoms with Crippen LogP contribution >= 0.6 is 0 Å². The molecular weight excluding hydrogens is 450 g/mol. The average Bonchev–Trinajstić information content (AvgIpc) is 2.88. The van der Waals surface area contributed by atoms with Crippen molar-refractivity contribution in [2.24, 2.45) is 0 Å². The van der Waals surface area contributed by atoms with Gasteiger partial charge in [-0.2, -0.15) is 0 Å². The number of para-hydroxylation sites is 4. The minimum absolute atomic E-state index is 0.0342. The van der Waals surface area contributed by atoms with Gasteiger partial charge in [-0.1, -0.05) is 42.5 Å². The van der Waals surface area contributed by atoms with E-state index in [2.05, 4.69) is 5.32 Å². The molecule has 1 atom stereocenters. The van der Waals surface area contributed by atoms with Crippen LogP contribution in [0.15, 0.2) is 91.0 Å². The lowest BCUT2D eigenvalue weighted by molar-refractivity contribution is -0.119. The third-order valence-electron chi connectivity index (χ3n) is 5.86. The summed E-state index contributed by atoms with van der Waals surface area (Å²) in [5.41, 5.74) is 2.71. The second-order valence-corrected chi connectivity index (χ2v) is 8.01. The second-order valence-electron chi connectivity index (χ2n) is 8.01. The highest BCUT2D eigenvalue weighted by molar-refractivity contribution is 6.10. The summed E-state index contributed by atoms with van der Waals surface area (Å²) in [6.07, 6.45) is 0. The van der Waals surface area contributed by atoms with Crippen molar-refractivity contribution < 1.29 is 23.0 Å². The molecule has 35 heavy (non-hydrogen) atoms. The molecule has 0 bridgehead atoms. The van der Waals surface area contributed by atoms with Crippen molar-refractivity contribution in [3.8, 4) is 11.5 Å². The van der Waals surface area contributed by atoms with E-state index in [1.54, 1.807) is 66.7 Å². The summed E-state index contributed by atoms with van der Waals surface area (Å²) in [4.78, 5) is 15.1. The molecule has 176 valence electrons. The summed E-state index contributed by atoms with van der Waals surface area (Å²) in [6.45, 7) is 0.0342. The number of carbonyl (C=O) groups excluding carboxylic acids is 1. The van der Waals surface area contributed by atoms with Gasteiger partial charge in [-0.05, 0) is 54.1 Å². The Morgan fingerprint density at radius 2 is 1.51 bits per heavy atom. The monoisotopic (exact) mass is 472 g/mol. The van der Waals surface area contributed by atoms with Crippen molar-refractivity contribution in [1.29, 1.82) is 0 Å². The molecule has 1 N–H and O–H groups in total. The Labute approximate surface area is 201 Å². The summed E-state index contributed by atoms with van der Waals surface area (Å²) in [7, 11) is 1.53. The fraction of sp³-hybridized carbons (Fsp3) is 0.107. The Hall–Kier alpha value is -4.39. The number of amides is 1. The first-order valence-corrected chi connectivity index (χ1v) is 11.0. The zero-order chi connectivity index (χ0) is 24.4. The number of fused-ring (bicyclic) bond motifs is 1. The van der Waals surface area contributed by atoms with Crippen LogP contribution in [0.1, 0.15) is 17.2 Å². The van der Waals surface area contributed by atoms with Gasteiger partial charge >= 0.3 is 0 Å². The molecule has 1 aliphatic heterocycles. The molecule has 5 nitrogen and oxygen atoms in total. The standard InChI is InChI=1S/C28H22F2N2O3/c1-34-25-15-14-18(16-19(25)17-35-26-13-7-3-9-21(26)30)27-28(33)32(23-11-5-2-8-20(23)29)24-12-6-4-10-22(24)31-27/h2-16,27,31H,17H2,1H3. The zero-order valence-electron chi connectivity index (χ0n) is 18.9. The number of benzene rings is 4. The summed E-state index contributed by atoms with van der Waals surface area (Å²) >= 11 is 0. The number of anilines is 3. The van der Waals surface area contributed by atoms with Gasteiger partial charge in [0.05, 0.1) is 24.2 Å². The number of hydrogen-bond donors (Lipinski definition) is 1. The maximum absolute atomic E-state index is 14.8. The minimum Gasteiger partial charge on any atom is -0.496 e. The van der Waals surface area contributed by atoms with Crippen molar-refractivity contribution in [2.45, 2.75) is 12.6 Å². The molecule has 5 rings (SSSR count). The lowest BCUT2D eigenvalue weighted by atomic mass is 9.98. The van der Waals surface area contributed by atoms with Crippen molar-refractivity contribution in [3.63, 3.8) is 0 Å². The van der Waals surface area contributed by atoms with Crippen LogP contribution in [0.3, 0.4) is 0 Å².